The van der Waals surface area contributed by atoms with Crippen molar-refractivity contribution in [3.63, 3.8) is 0 Å². The molecule has 1 atom stereocenters. The summed E-state index contributed by atoms with van der Waals surface area (Å²) in [4.78, 5) is 27.0. The van der Waals surface area contributed by atoms with E-state index < -0.39 is 8.32 Å². The van der Waals surface area contributed by atoms with Crippen molar-refractivity contribution in [2.75, 3.05) is 45.0 Å². The second kappa shape index (κ2) is 12.1. The molecule has 4 rings (SSSR count). The van der Waals surface area contributed by atoms with Crippen LogP contribution >= 0.6 is 0 Å². The monoisotopic (exact) mass is 599 g/mol. The number of ether oxygens (including phenoxy) is 1. The number of aromatic nitrogens is 3. The number of pyridine rings is 1. The Bertz CT molecular complexity index is 1590. The van der Waals surface area contributed by atoms with E-state index in [-0.39, 0.29) is 16.4 Å². The number of nitrogens with one attached hydrogen (secondary N) is 2. The lowest BCUT2D eigenvalue weighted by atomic mass is 9.83. The first-order valence-electron chi connectivity index (χ1n) is 14.2. The summed E-state index contributed by atoms with van der Waals surface area (Å²) in [5.74, 6) is 0.546. The fourth-order valence-electron chi connectivity index (χ4n) is 4.41. The van der Waals surface area contributed by atoms with Crippen LogP contribution in [0, 0.1) is 11.3 Å². The zero-order chi connectivity index (χ0) is 31.6. The van der Waals surface area contributed by atoms with Gasteiger partial charge in [0.25, 0.3) is 0 Å². The number of carbonyl (C=O) groups is 1. The van der Waals surface area contributed by atoms with Gasteiger partial charge in [-0.25, -0.2) is 15.0 Å². The first-order chi connectivity index (χ1) is 20.2. The van der Waals surface area contributed by atoms with Crippen LogP contribution in [0.3, 0.4) is 0 Å². The molecule has 0 saturated heterocycles. The van der Waals surface area contributed by atoms with Crippen molar-refractivity contribution >= 4 is 37.6 Å². The van der Waals surface area contributed by atoms with Crippen molar-refractivity contribution in [2.45, 2.75) is 51.2 Å². The Balaban J connectivity index is 1.62. The zero-order valence-electron chi connectivity index (χ0n) is 26.5. The third kappa shape index (κ3) is 6.87. The summed E-state index contributed by atoms with van der Waals surface area (Å²) in [7, 11) is 2.93. The van der Waals surface area contributed by atoms with Gasteiger partial charge < -0.3 is 24.7 Å². The lowest BCUT2D eigenvalue weighted by Crippen LogP contribution is -2.45. The normalized spacial score (nSPS) is 16.4. The molecular weight excluding hydrogens is 558 g/mol. The van der Waals surface area contributed by atoms with E-state index in [4.69, 9.17) is 14.1 Å². The van der Waals surface area contributed by atoms with Crippen LogP contribution in [0.5, 0.6) is 5.88 Å². The number of methoxy groups -OCH3 is 1. The Morgan fingerprint density at radius 1 is 1.23 bits per heavy atom. The molecule has 1 amide bonds. The van der Waals surface area contributed by atoms with Crippen molar-refractivity contribution in [1.29, 1.82) is 5.26 Å². The highest BCUT2D eigenvalue weighted by Crippen LogP contribution is 2.44. The Morgan fingerprint density at radius 2 is 1.98 bits per heavy atom. The van der Waals surface area contributed by atoms with Crippen molar-refractivity contribution in [2.24, 2.45) is 0 Å². The van der Waals surface area contributed by atoms with Crippen LogP contribution in [0.4, 0.5) is 17.3 Å². The first-order valence-corrected chi connectivity index (χ1v) is 17.1. The third-order valence-corrected chi connectivity index (χ3v) is 12.7. The number of nitriles is 1. The van der Waals surface area contributed by atoms with E-state index in [0.717, 1.165) is 16.8 Å². The minimum atomic E-state index is -1.97. The molecule has 0 fully saturated rings. The summed E-state index contributed by atoms with van der Waals surface area (Å²) in [5, 5.41) is 16.8. The maximum absolute atomic E-state index is 11.9. The molecule has 0 radical (unpaired) electrons. The van der Waals surface area contributed by atoms with Crippen LogP contribution < -0.4 is 15.4 Å². The molecule has 0 aliphatic carbocycles. The van der Waals surface area contributed by atoms with Crippen molar-refractivity contribution in [3.8, 4) is 23.2 Å². The highest BCUT2D eigenvalue weighted by atomic mass is 28.4. The van der Waals surface area contributed by atoms with Crippen LogP contribution in [0.1, 0.15) is 44.5 Å². The van der Waals surface area contributed by atoms with Crippen molar-refractivity contribution in [1.82, 2.24) is 19.9 Å². The van der Waals surface area contributed by atoms with E-state index in [1.807, 2.05) is 12.1 Å². The van der Waals surface area contributed by atoms with Crippen LogP contribution in [0.15, 0.2) is 42.6 Å². The number of likely N-dealkylation sites (N-methyl/N-ethyl adjacent to an activating group) is 1. The molecule has 0 saturated carbocycles. The van der Waals surface area contributed by atoms with Crippen LogP contribution in [0.2, 0.25) is 18.1 Å². The lowest BCUT2D eigenvalue weighted by molar-refractivity contribution is -0.123. The van der Waals surface area contributed by atoms with E-state index >= 15 is 0 Å². The summed E-state index contributed by atoms with van der Waals surface area (Å²) < 4.78 is 12.1. The highest BCUT2D eigenvalue weighted by molar-refractivity contribution is 6.74. The van der Waals surface area contributed by atoms with Gasteiger partial charge in [0, 0.05) is 50.5 Å². The number of hydrogen-bond donors (Lipinski definition) is 2. The van der Waals surface area contributed by atoms with Gasteiger partial charge in [0.15, 0.2) is 8.32 Å². The molecule has 3 aromatic rings. The molecule has 3 heterocycles. The molecule has 1 aliphatic rings. The van der Waals surface area contributed by atoms with Crippen LogP contribution in [-0.4, -0.2) is 68.4 Å². The number of fused-ring (bicyclic) bond motifs is 1. The molecule has 0 bridgehead atoms. The number of hydrogen-bond acceptors (Lipinski definition) is 9. The van der Waals surface area contributed by atoms with E-state index in [0.29, 0.717) is 47.6 Å². The number of amides is 1. The van der Waals surface area contributed by atoms with Crippen molar-refractivity contribution in [3.05, 3.63) is 59.4 Å². The second-order valence-corrected chi connectivity index (χ2v) is 17.6. The van der Waals surface area contributed by atoms with Gasteiger partial charge in [0.2, 0.25) is 17.7 Å². The molecule has 11 heteroatoms. The number of carbonyl (C=O) groups excluding carboxylic acids is 1. The smallest absolute Gasteiger partial charge is 0.246 e. The Hall–Kier alpha value is -4.27. The topological polar surface area (TPSA) is 125 Å². The van der Waals surface area contributed by atoms with Gasteiger partial charge in [-0.3, -0.25) is 4.79 Å². The molecule has 10 nitrogen and oxygen atoms in total. The van der Waals surface area contributed by atoms with Gasteiger partial charge in [0.05, 0.1) is 29.7 Å². The molecule has 0 spiro atoms. The zero-order valence-corrected chi connectivity index (χ0v) is 27.5. The number of nitrogens with zero attached hydrogens (tertiary/aromatic N) is 5. The van der Waals surface area contributed by atoms with E-state index in [2.05, 4.69) is 73.5 Å². The Labute approximate surface area is 255 Å². The molecule has 43 heavy (non-hydrogen) atoms. The average molecular weight is 600 g/mol. The molecular formula is C32H41N7O3Si. The molecule has 226 valence electrons. The molecule has 1 aromatic carbocycles. The quantitative estimate of drug-likeness (QED) is 0.226. The third-order valence-electron chi connectivity index (χ3n) is 8.23. The fourth-order valence-corrected chi connectivity index (χ4v) is 5.52. The predicted molar refractivity (Wildman–Crippen MR) is 173 cm³/mol. The number of rotatable bonds is 9. The fraction of sp³-hybridized carbons (Fsp3) is 0.406. The predicted octanol–water partition coefficient (Wildman–Crippen LogP) is 5.97. The minimum absolute atomic E-state index is 0.0998. The van der Waals surface area contributed by atoms with Gasteiger partial charge in [-0.05, 0) is 60.1 Å². The Kier molecular flexibility index (Phi) is 8.94. The maximum atomic E-state index is 11.9. The van der Waals surface area contributed by atoms with Crippen LogP contribution in [0.25, 0.3) is 17.3 Å². The van der Waals surface area contributed by atoms with E-state index in [9.17, 15) is 10.1 Å². The van der Waals surface area contributed by atoms with Gasteiger partial charge in [0.1, 0.15) is 11.8 Å². The van der Waals surface area contributed by atoms with Gasteiger partial charge in [-0.1, -0.05) is 27.7 Å². The van der Waals surface area contributed by atoms with E-state index in [1.165, 1.54) is 18.1 Å². The maximum Gasteiger partial charge on any atom is 0.246 e. The standard InChI is InChI=1S/C32H41N7O3Si/c1-31(2,3)43(8,9)42-20-32(4)19-35-28-22(18-33)16-21(17-24(28)32)25-14-15-34-30(37-25)38-26-12-10-23(36-29(26)41-7)11-13-27(40)39(5)6/h10-17,35H,19-20H2,1-9H3,(H,34,37,38)/b13-11+/t32-/m1/s1. The van der Waals surface area contributed by atoms with Crippen molar-refractivity contribution < 1.29 is 14.0 Å². The lowest BCUT2D eigenvalue weighted by Gasteiger charge is -2.39. The second-order valence-electron chi connectivity index (χ2n) is 12.8. The van der Waals surface area contributed by atoms with Gasteiger partial charge in [-0.2, -0.15) is 5.26 Å². The average Bonchev–Trinajstić information content (AvgIpc) is 3.31. The summed E-state index contributed by atoms with van der Waals surface area (Å²) in [6.07, 6.45) is 4.76. The molecule has 0 unspecified atom stereocenters. The van der Waals surface area contributed by atoms with Gasteiger partial charge in [-0.15, -0.1) is 0 Å². The minimum Gasteiger partial charge on any atom is -0.479 e. The first kappa shape index (κ1) is 31.7. The summed E-state index contributed by atoms with van der Waals surface area (Å²) >= 11 is 0. The van der Waals surface area contributed by atoms with Crippen LogP contribution in [-0.2, 0) is 14.6 Å². The molecule has 1 aliphatic heterocycles. The number of anilines is 3. The molecule has 2 N–H and O–H groups in total. The summed E-state index contributed by atoms with van der Waals surface area (Å²) in [5.41, 5.74) is 4.81. The van der Waals surface area contributed by atoms with E-state index in [1.54, 1.807) is 38.5 Å². The molecule has 2 aromatic heterocycles. The van der Waals surface area contributed by atoms with Gasteiger partial charge >= 0.3 is 0 Å². The highest BCUT2D eigenvalue weighted by Gasteiger charge is 2.42. The number of benzene rings is 1. The summed E-state index contributed by atoms with van der Waals surface area (Å²) in [6, 6.07) is 11.7. The SMILES string of the molecule is COc1nc(/C=C/C(=O)N(C)C)ccc1Nc1nccc(-c2cc(C#N)c3c(c2)[C@@](C)(CO[Si](C)(C)C(C)(C)C)CN3)n1. The largest absolute Gasteiger partial charge is 0.479 e. The summed E-state index contributed by atoms with van der Waals surface area (Å²) in [6.45, 7) is 14.7. The Morgan fingerprint density at radius 3 is 2.63 bits per heavy atom.